The highest BCUT2D eigenvalue weighted by molar-refractivity contribution is 7.09. The van der Waals surface area contributed by atoms with Crippen LogP contribution in [0.5, 0.6) is 0 Å². The lowest BCUT2D eigenvalue weighted by molar-refractivity contribution is -0.153. The van der Waals surface area contributed by atoms with Crippen LogP contribution in [-0.2, 0) is 4.79 Å². The van der Waals surface area contributed by atoms with Gasteiger partial charge in [0.2, 0.25) is 0 Å². The van der Waals surface area contributed by atoms with E-state index >= 15 is 0 Å². The number of carbonyl (C=O) groups excluding carboxylic acids is 1. The van der Waals surface area contributed by atoms with Gasteiger partial charge in [0.05, 0.1) is 10.4 Å². The first-order chi connectivity index (χ1) is 9.53. The average Bonchev–Trinajstić information content (AvgIpc) is 2.88. The van der Waals surface area contributed by atoms with Gasteiger partial charge >= 0.3 is 12.0 Å². The largest absolute Gasteiger partial charge is 0.481 e. The first-order valence-electron chi connectivity index (χ1n) is 6.68. The van der Waals surface area contributed by atoms with E-state index in [0.717, 1.165) is 11.4 Å². The Morgan fingerprint density at radius 1 is 1.50 bits per heavy atom. The Morgan fingerprint density at radius 2 is 2.25 bits per heavy atom. The third kappa shape index (κ3) is 3.27. The van der Waals surface area contributed by atoms with Gasteiger partial charge < -0.3 is 15.7 Å². The fourth-order valence-corrected chi connectivity index (χ4v) is 2.89. The standard InChI is InChI=1S/C13H19N3O3S/c1-9(10-14-5-6-20-10)7-15-12(19)16-8-13(11(17)18)3-2-4-13/h5-6,9H,2-4,7-8H2,1H3,(H,17,18)(H2,15,16,19). The monoisotopic (exact) mass is 297 g/mol. The summed E-state index contributed by atoms with van der Waals surface area (Å²) in [5, 5.41) is 17.5. The predicted octanol–water partition coefficient (Wildman–Crippen LogP) is 1.80. The normalized spacial score (nSPS) is 17.9. The number of urea groups is 1. The molecule has 0 saturated heterocycles. The molecule has 3 N–H and O–H groups in total. The molecular weight excluding hydrogens is 278 g/mol. The van der Waals surface area contributed by atoms with Crippen LogP contribution in [0.1, 0.15) is 37.1 Å². The summed E-state index contributed by atoms with van der Waals surface area (Å²) < 4.78 is 0. The van der Waals surface area contributed by atoms with Crippen molar-refractivity contribution in [3.8, 4) is 0 Å². The van der Waals surface area contributed by atoms with E-state index in [-0.39, 0.29) is 18.5 Å². The molecule has 1 aromatic rings. The number of carbonyl (C=O) groups is 2. The van der Waals surface area contributed by atoms with Crippen molar-refractivity contribution in [2.24, 2.45) is 5.41 Å². The molecule has 1 aliphatic carbocycles. The average molecular weight is 297 g/mol. The van der Waals surface area contributed by atoms with E-state index in [2.05, 4.69) is 15.6 Å². The Kier molecular flexibility index (Phi) is 4.59. The summed E-state index contributed by atoms with van der Waals surface area (Å²) in [6, 6.07) is -0.319. The number of hydrogen-bond donors (Lipinski definition) is 3. The van der Waals surface area contributed by atoms with Gasteiger partial charge in [-0.3, -0.25) is 4.79 Å². The fourth-order valence-electron chi connectivity index (χ4n) is 2.19. The molecule has 7 heteroatoms. The van der Waals surface area contributed by atoms with Crippen LogP contribution < -0.4 is 10.6 Å². The van der Waals surface area contributed by atoms with E-state index in [0.29, 0.717) is 19.4 Å². The van der Waals surface area contributed by atoms with E-state index < -0.39 is 11.4 Å². The van der Waals surface area contributed by atoms with Gasteiger partial charge in [-0.05, 0) is 12.8 Å². The minimum absolute atomic E-state index is 0.151. The molecule has 1 saturated carbocycles. The highest BCUT2D eigenvalue weighted by Gasteiger charge is 2.44. The lowest BCUT2D eigenvalue weighted by atomic mass is 9.69. The molecule has 110 valence electrons. The van der Waals surface area contributed by atoms with Crippen LogP contribution in [0.15, 0.2) is 11.6 Å². The molecule has 20 heavy (non-hydrogen) atoms. The molecular formula is C13H19N3O3S. The zero-order chi connectivity index (χ0) is 14.6. The van der Waals surface area contributed by atoms with Gasteiger partial charge in [0.1, 0.15) is 0 Å². The van der Waals surface area contributed by atoms with Gasteiger partial charge in [0.25, 0.3) is 0 Å². The summed E-state index contributed by atoms with van der Waals surface area (Å²) in [6.07, 6.45) is 3.93. The summed E-state index contributed by atoms with van der Waals surface area (Å²) in [5.74, 6) is -0.668. The van der Waals surface area contributed by atoms with E-state index in [1.54, 1.807) is 17.5 Å². The van der Waals surface area contributed by atoms with Crippen molar-refractivity contribution in [1.29, 1.82) is 0 Å². The smallest absolute Gasteiger partial charge is 0.314 e. The second kappa shape index (κ2) is 6.21. The van der Waals surface area contributed by atoms with Crippen LogP contribution in [0.3, 0.4) is 0 Å². The number of carboxylic acids is 1. The zero-order valence-electron chi connectivity index (χ0n) is 11.4. The first-order valence-corrected chi connectivity index (χ1v) is 7.56. The number of aliphatic carboxylic acids is 1. The summed E-state index contributed by atoms with van der Waals surface area (Å²) in [4.78, 5) is 27.0. The summed E-state index contributed by atoms with van der Waals surface area (Å²) in [5.41, 5.74) is -0.752. The predicted molar refractivity (Wildman–Crippen MR) is 75.9 cm³/mol. The molecule has 1 aliphatic rings. The molecule has 1 aromatic heterocycles. The maximum Gasteiger partial charge on any atom is 0.314 e. The van der Waals surface area contributed by atoms with Crippen LogP contribution in [0.25, 0.3) is 0 Å². The third-order valence-electron chi connectivity index (χ3n) is 3.79. The number of rotatable bonds is 6. The molecule has 1 atom stereocenters. The third-order valence-corrected chi connectivity index (χ3v) is 4.80. The van der Waals surface area contributed by atoms with Crippen molar-refractivity contribution in [3.05, 3.63) is 16.6 Å². The van der Waals surface area contributed by atoms with Gasteiger partial charge in [-0.15, -0.1) is 11.3 Å². The summed E-state index contributed by atoms with van der Waals surface area (Å²) >= 11 is 1.56. The SMILES string of the molecule is CC(CNC(=O)NCC1(C(=O)O)CCC1)c1nccs1. The van der Waals surface area contributed by atoms with E-state index in [1.807, 2.05) is 12.3 Å². The van der Waals surface area contributed by atoms with Gasteiger partial charge in [-0.1, -0.05) is 13.3 Å². The maximum atomic E-state index is 11.7. The number of hydrogen-bond acceptors (Lipinski definition) is 4. The van der Waals surface area contributed by atoms with Crippen LogP contribution in [0.2, 0.25) is 0 Å². The number of nitrogens with one attached hydrogen (secondary N) is 2. The van der Waals surface area contributed by atoms with Crippen molar-refractivity contribution in [3.63, 3.8) is 0 Å². The van der Waals surface area contributed by atoms with Gasteiger partial charge in [-0.25, -0.2) is 9.78 Å². The van der Waals surface area contributed by atoms with Crippen LogP contribution in [0, 0.1) is 5.41 Å². The second-order valence-electron chi connectivity index (χ2n) is 5.27. The molecule has 0 bridgehead atoms. The highest BCUT2D eigenvalue weighted by Crippen LogP contribution is 2.40. The van der Waals surface area contributed by atoms with Gasteiger partial charge in [-0.2, -0.15) is 0 Å². The minimum atomic E-state index is -0.819. The Labute approximate surface area is 121 Å². The molecule has 2 rings (SSSR count). The van der Waals surface area contributed by atoms with Crippen LogP contribution in [-0.4, -0.2) is 35.2 Å². The molecule has 0 radical (unpaired) electrons. The molecule has 0 aromatic carbocycles. The number of aromatic nitrogens is 1. The van der Waals surface area contributed by atoms with E-state index in [1.165, 1.54) is 0 Å². The second-order valence-corrected chi connectivity index (χ2v) is 6.20. The van der Waals surface area contributed by atoms with Crippen molar-refractivity contribution in [2.75, 3.05) is 13.1 Å². The Morgan fingerprint density at radius 3 is 2.75 bits per heavy atom. The highest BCUT2D eigenvalue weighted by atomic mass is 32.1. The Bertz CT molecular complexity index is 471. The molecule has 2 amide bonds. The molecule has 0 spiro atoms. The quantitative estimate of drug-likeness (QED) is 0.746. The number of carboxylic acid groups (broad SMARTS) is 1. The summed E-state index contributed by atoms with van der Waals surface area (Å²) in [7, 11) is 0. The maximum absolute atomic E-state index is 11.7. The van der Waals surface area contributed by atoms with Crippen molar-refractivity contribution < 1.29 is 14.7 Å². The Balaban J connectivity index is 1.72. The number of amides is 2. The van der Waals surface area contributed by atoms with Crippen molar-refractivity contribution in [1.82, 2.24) is 15.6 Å². The van der Waals surface area contributed by atoms with Gasteiger partial charge in [0, 0.05) is 30.6 Å². The van der Waals surface area contributed by atoms with E-state index in [4.69, 9.17) is 5.11 Å². The zero-order valence-corrected chi connectivity index (χ0v) is 12.2. The lowest BCUT2D eigenvalue weighted by Gasteiger charge is -2.37. The topological polar surface area (TPSA) is 91.3 Å². The lowest BCUT2D eigenvalue weighted by Crippen LogP contribution is -2.50. The van der Waals surface area contributed by atoms with Crippen LogP contribution in [0.4, 0.5) is 4.79 Å². The van der Waals surface area contributed by atoms with Crippen LogP contribution >= 0.6 is 11.3 Å². The fraction of sp³-hybridized carbons (Fsp3) is 0.615. The molecule has 1 heterocycles. The molecule has 0 aliphatic heterocycles. The van der Waals surface area contributed by atoms with E-state index in [9.17, 15) is 9.59 Å². The summed E-state index contributed by atoms with van der Waals surface area (Å²) in [6.45, 7) is 2.67. The molecule has 1 fully saturated rings. The first kappa shape index (κ1) is 14.8. The number of thiazole rings is 1. The minimum Gasteiger partial charge on any atom is -0.481 e. The molecule has 6 nitrogen and oxygen atoms in total. The molecule has 1 unspecified atom stereocenters. The van der Waals surface area contributed by atoms with Gasteiger partial charge in [0.15, 0.2) is 0 Å². The van der Waals surface area contributed by atoms with Crippen molar-refractivity contribution in [2.45, 2.75) is 32.1 Å². The Hall–Kier alpha value is -1.63. The number of nitrogens with zero attached hydrogens (tertiary/aromatic N) is 1. The van der Waals surface area contributed by atoms with Crippen molar-refractivity contribution >= 4 is 23.3 Å².